The van der Waals surface area contributed by atoms with Crippen LogP contribution >= 0.6 is 0 Å². The maximum Gasteiger partial charge on any atom is 0.270 e. The van der Waals surface area contributed by atoms with Crippen molar-refractivity contribution >= 4 is 11.7 Å². The number of nitrogens with zero attached hydrogens (tertiary/aromatic N) is 4. The van der Waals surface area contributed by atoms with E-state index in [9.17, 15) is 4.79 Å². The Kier molecular flexibility index (Phi) is 4.59. The van der Waals surface area contributed by atoms with Crippen molar-refractivity contribution in [2.24, 2.45) is 0 Å². The highest BCUT2D eigenvalue weighted by atomic mass is 16.5. The van der Waals surface area contributed by atoms with Gasteiger partial charge in [0.1, 0.15) is 17.8 Å². The van der Waals surface area contributed by atoms with Gasteiger partial charge in [0, 0.05) is 44.0 Å². The van der Waals surface area contributed by atoms with Gasteiger partial charge >= 0.3 is 0 Å². The van der Waals surface area contributed by atoms with Crippen LogP contribution in [-0.2, 0) is 11.2 Å². The summed E-state index contributed by atoms with van der Waals surface area (Å²) in [6.45, 7) is 3.43. The second-order valence-electron chi connectivity index (χ2n) is 4.94. The predicted molar refractivity (Wildman–Crippen MR) is 79.7 cm³/mol. The van der Waals surface area contributed by atoms with Crippen LogP contribution in [0.1, 0.15) is 16.2 Å². The van der Waals surface area contributed by atoms with Crippen LogP contribution < -0.4 is 10.2 Å². The average Bonchev–Trinajstić information content (AvgIpc) is 3.09. The highest BCUT2D eigenvalue weighted by Gasteiger charge is 2.15. The van der Waals surface area contributed by atoms with Crippen LogP contribution in [-0.4, -0.2) is 58.7 Å². The average molecular weight is 302 g/mol. The molecule has 1 amide bonds. The van der Waals surface area contributed by atoms with E-state index in [1.54, 1.807) is 18.6 Å². The van der Waals surface area contributed by atoms with E-state index in [0.29, 0.717) is 31.9 Å². The van der Waals surface area contributed by atoms with E-state index in [-0.39, 0.29) is 5.91 Å². The van der Waals surface area contributed by atoms with Crippen LogP contribution in [0.15, 0.2) is 24.9 Å². The maximum absolute atomic E-state index is 12.1. The molecule has 0 aromatic carbocycles. The lowest BCUT2D eigenvalue weighted by molar-refractivity contribution is 0.0949. The third-order valence-electron chi connectivity index (χ3n) is 3.46. The van der Waals surface area contributed by atoms with Crippen molar-refractivity contribution in [3.8, 4) is 0 Å². The minimum absolute atomic E-state index is 0.198. The third-order valence-corrected chi connectivity index (χ3v) is 3.46. The number of imidazole rings is 1. The van der Waals surface area contributed by atoms with Gasteiger partial charge in [0.15, 0.2) is 0 Å². The van der Waals surface area contributed by atoms with Crippen molar-refractivity contribution in [1.29, 1.82) is 0 Å². The molecule has 8 heteroatoms. The van der Waals surface area contributed by atoms with E-state index in [2.05, 4.69) is 30.2 Å². The number of morpholine rings is 1. The first-order valence-corrected chi connectivity index (χ1v) is 7.23. The molecule has 2 aromatic rings. The van der Waals surface area contributed by atoms with Gasteiger partial charge in [0.25, 0.3) is 5.91 Å². The number of aromatic nitrogens is 4. The van der Waals surface area contributed by atoms with Crippen LogP contribution in [0.25, 0.3) is 0 Å². The molecule has 0 saturated carbocycles. The van der Waals surface area contributed by atoms with Gasteiger partial charge in [-0.3, -0.25) is 4.79 Å². The smallest absolute Gasteiger partial charge is 0.270 e. The van der Waals surface area contributed by atoms with Crippen molar-refractivity contribution in [2.45, 2.75) is 6.42 Å². The normalized spacial score (nSPS) is 14.8. The summed E-state index contributed by atoms with van der Waals surface area (Å²) in [6, 6.07) is 1.72. The zero-order chi connectivity index (χ0) is 15.2. The molecule has 1 aliphatic rings. The van der Waals surface area contributed by atoms with Crippen molar-refractivity contribution in [1.82, 2.24) is 25.3 Å². The number of ether oxygens (including phenoxy) is 1. The Morgan fingerprint density at radius 2 is 2.23 bits per heavy atom. The molecular weight excluding hydrogens is 284 g/mol. The number of aromatic amines is 1. The van der Waals surface area contributed by atoms with E-state index in [1.807, 2.05) is 0 Å². The number of rotatable bonds is 5. The maximum atomic E-state index is 12.1. The van der Waals surface area contributed by atoms with E-state index in [4.69, 9.17) is 4.74 Å². The number of nitrogens with one attached hydrogen (secondary N) is 2. The first-order valence-electron chi connectivity index (χ1n) is 7.23. The van der Waals surface area contributed by atoms with E-state index in [1.165, 1.54) is 6.33 Å². The third kappa shape index (κ3) is 3.59. The van der Waals surface area contributed by atoms with Crippen LogP contribution in [0.2, 0.25) is 0 Å². The van der Waals surface area contributed by atoms with Crippen molar-refractivity contribution in [2.75, 3.05) is 37.7 Å². The SMILES string of the molecule is O=C(NCCc1cnc[nH]1)c1cc(N2CCOCC2)ncn1. The fraction of sp³-hybridized carbons (Fsp3) is 0.429. The summed E-state index contributed by atoms with van der Waals surface area (Å²) >= 11 is 0. The largest absolute Gasteiger partial charge is 0.378 e. The Hall–Kier alpha value is -2.48. The molecule has 0 atom stereocenters. The minimum Gasteiger partial charge on any atom is -0.378 e. The van der Waals surface area contributed by atoms with Crippen LogP contribution in [0, 0.1) is 0 Å². The zero-order valence-corrected chi connectivity index (χ0v) is 12.2. The summed E-state index contributed by atoms with van der Waals surface area (Å²) < 4.78 is 5.31. The van der Waals surface area contributed by atoms with Gasteiger partial charge in [0.2, 0.25) is 0 Å². The van der Waals surface area contributed by atoms with Gasteiger partial charge in [-0.05, 0) is 0 Å². The molecule has 0 bridgehead atoms. The van der Waals surface area contributed by atoms with Gasteiger partial charge in [0.05, 0.1) is 19.5 Å². The molecule has 1 fully saturated rings. The lowest BCUT2D eigenvalue weighted by Crippen LogP contribution is -2.37. The number of H-pyrrole nitrogens is 1. The predicted octanol–water partition coefficient (Wildman–Crippen LogP) is 0.00880. The number of carbonyl (C=O) groups excluding carboxylic acids is 1. The fourth-order valence-electron chi connectivity index (χ4n) is 2.26. The first-order chi connectivity index (χ1) is 10.8. The molecule has 2 aromatic heterocycles. The molecule has 22 heavy (non-hydrogen) atoms. The fourth-order valence-corrected chi connectivity index (χ4v) is 2.26. The number of amides is 1. The Labute approximate surface area is 127 Å². The summed E-state index contributed by atoms with van der Waals surface area (Å²) in [6.07, 6.45) is 5.49. The van der Waals surface area contributed by atoms with Crippen LogP contribution in [0.3, 0.4) is 0 Å². The Bertz CT molecular complexity index is 610. The summed E-state index contributed by atoms with van der Waals surface area (Å²) in [7, 11) is 0. The molecule has 0 spiro atoms. The summed E-state index contributed by atoms with van der Waals surface area (Å²) in [5, 5.41) is 2.85. The lowest BCUT2D eigenvalue weighted by atomic mass is 10.3. The van der Waals surface area contributed by atoms with Gasteiger partial charge in [-0.1, -0.05) is 0 Å². The summed E-state index contributed by atoms with van der Waals surface area (Å²) in [5.41, 5.74) is 1.36. The molecule has 8 nitrogen and oxygen atoms in total. The van der Waals surface area contributed by atoms with Gasteiger partial charge < -0.3 is 19.9 Å². The van der Waals surface area contributed by atoms with E-state index in [0.717, 1.165) is 24.6 Å². The molecule has 116 valence electrons. The summed E-state index contributed by atoms with van der Waals surface area (Å²) in [5.74, 6) is 0.563. The molecule has 2 N–H and O–H groups in total. The number of hydrogen-bond donors (Lipinski definition) is 2. The molecular formula is C14H18N6O2. The molecule has 1 saturated heterocycles. The molecule has 0 unspecified atom stereocenters. The number of hydrogen-bond acceptors (Lipinski definition) is 6. The lowest BCUT2D eigenvalue weighted by Gasteiger charge is -2.27. The quantitative estimate of drug-likeness (QED) is 0.807. The zero-order valence-electron chi connectivity index (χ0n) is 12.2. The van der Waals surface area contributed by atoms with Gasteiger partial charge in [-0.25, -0.2) is 15.0 Å². The topological polar surface area (TPSA) is 96.0 Å². The van der Waals surface area contributed by atoms with Gasteiger partial charge in [-0.15, -0.1) is 0 Å². The minimum atomic E-state index is -0.198. The standard InChI is InChI=1S/C14H18N6O2/c21-14(16-2-1-11-8-15-9-17-11)12-7-13(19-10-18-12)20-3-5-22-6-4-20/h7-10H,1-6H2,(H,15,17)(H,16,21). The van der Waals surface area contributed by atoms with E-state index < -0.39 is 0 Å². The molecule has 0 radical (unpaired) electrons. The summed E-state index contributed by atoms with van der Waals surface area (Å²) in [4.78, 5) is 29.4. The highest BCUT2D eigenvalue weighted by Crippen LogP contribution is 2.12. The van der Waals surface area contributed by atoms with Crippen molar-refractivity contribution in [3.05, 3.63) is 36.3 Å². The second-order valence-corrected chi connectivity index (χ2v) is 4.94. The molecule has 3 rings (SSSR count). The number of anilines is 1. The Balaban J connectivity index is 1.57. The molecule has 3 heterocycles. The highest BCUT2D eigenvalue weighted by molar-refractivity contribution is 5.92. The number of carbonyl (C=O) groups is 1. The second kappa shape index (κ2) is 6.99. The van der Waals surface area contributed by atoms with Crippen molar-refractivity contribution < 1.29 is 9.53 Å². The molecule has 1 aliphatic heterocycles. The van der Waals surface area contributed by atoms with Gasteiger partial charge in [-0.2, -0.15) is 0 Å². The Morgan fingerprint density at radius 3 is 3.00 bits per heavy atom. The van der Waals surface area contributed by atoms with Crippen LogP contribution in [0.4, 0.5) is 5.82 Å². The molecule has 0 aliphatic carbocycles. The monoisotopic (exact) mass is 302 g/mol. The van der Waals surface area contributed by atoms with E-state index >= 15 is 0 Å². The van der Waals surface area contributed by atoms with Crippen LogP contribution in [0.5, 0.6) is 0 Å². The Morgan fingerprint density at radius 1 is 1.36 bits per heavy atom. The van der Waals surface area contributed by atoms with Crippen molar-refractivity contribution in [3.63, 3.8) is 0 Å². The first kappa shape index (κ1) is 14.5.